The minimum absolute atomic E-state index is 0.0291. The minimum atomic E-state index is -1.12. The largest absolute Gasteiger partial charge is 0.476 e. The van der Waals surface area contributed by atoms with E-state index >= 15 is 0 Å². The van der Waals surface area contributed by atoms with Crippen LogP contribution in [0.2, 0.25) is 0 Å². The molecular formula is C20H19FN2O3. The maximum absolute atomic E-state index is 13.2. The maximum Gasteiger partial charge on any atom is 0.357 e. The Morgan fingerprint density at radius 2 is 1.85 bits per heavy atom. The molecule has 1 atom stereocenters. The number of aromatic nitrogens is 1. The van der Waals surface area contributed by atoms with Gasteiger partial charge in [-0.3, -0.25) is 4.90 Å². The molecule has 26 heavy (non-hydrogen) atoms. The molecule has 134 valence electrons. The summed E-state index contributed by atoms with van der Waals surface area (Å²) in [5, 5.41) is 9.01. The highest BCUT2D eigenvalue weighted by Gasteiger charge is 2.20. The van der Waals surface area contributed by atoms with Crippen LogP contribution in [-0.4, -0.2) is 21.0 Å². The molecule has 0 radical (unpaired) electrons. The monoisotopic (exact) mass is 354 g/mol. The van der Waals surface area contributed by atoms with Gasteiger partial charge in [0.1, 0.15) is 12.1 Å². The normalized spacial score (nSPS) is 12.3. The quantitative estimate of drug-likeness (QED) is 0.686. The number of carbonyl (C=O) groups is 1. The number of rotatable bonds is 7. The predicted molar refractivity (Wildman–Crippen MR) is 94.0 cm³/mol. The van der Waals surface area contributed by atoms with Gasteiger partial charge in [-0.2, -0.15) is 0 Å². The number of oxazole rings is 1. The molecule has 6 heteroatoms. The zero-order chi connectivity index (χ0) is 18.5. The Hall–Kier alpha value is -2.99. The summed E-state index contributed by atoms with van der Waals surface area (Å²) in [6.45, 7) is 2.93. The van der Waals surface area contributed by atoms with E-state index in [2.05, 4.69) is 16.8 Å². The second kappa shape index (κ2) is 7.93. The fourth-order valence-electron chi connectivity index (χ4n) is 2.75. The second-order valence-electron chi connectivity index (χ2n) is 6.05. The van der Waals surface area contributed by atoms with E-state index in [-0.39, 0.29) is 17.6 Å². The van der Waals surface area contributed by atoms with Gasteiger partial charge in [-0.25, -0.2) is 14.2 Å². The van der Waals surface area contributed by atoms with Crippen LogP contribution >= 0.6 is 0 Å². The zero-order valence-electron chi connectivity index (χ0n) is 14.3. The molecule has 0 bridgehead atoms. The summed E-state index contributed by atoms with van der Waals surface area (Å²) in [7, 11) is 0. The Balaban J connectivity index is 1.84. The highest BCUT2D eigenvalue weighted by molar-refractivity contribution is 5.84. The molecule has 0 fully saturated rings. The first-order valence-electron chi connectivity index (χ1n) is 8.24. The third kappa shape index (κ3) is 4.34. The first-order valence-corrected chi connectivity index (χ1v) is 8.24. The van der Waals surface area contributed by atoms with E-state index in [0.717, 1.165) is 17.4 Å². The summed E-state index contributed by atoms with van der Waals surface area (Å²) >= 11 is 0. The molecule has 5 nitrogen and oxygen atoms in total. The smallest absolute Gasteiger partial charge is 0.357 e. The first kappa shape index (κ1) is 17.8. The lowest BCUT2D eigenvalue weighted by molar-refractivity contribution is 0.0690. The van der Waals surface area contributed by atoms with Crippen LogP contribution < -0.4 is 0 Å². The van der Waals surface area contributed by atoms with Crippen LogP contribution in [0.25, 0.3) is 0 Å². The van der Waals surface area contributed by atoms with Crippen LogP contribution in [0.3, 0.4) is 0 Å². The standard InChI is InChI=1S/C20H19FN2O3/c1-14(16-5-3-2-4-6-16)23(11-15-7-9-17(21)10-8-15)12-19-22-18(13-26-19)20(24)25/h2-10,13-14H,11-12H2,1H3,(H,24,25). The number of hydrogen-bond donors (Lipinski definition) is 1. The van der Waals surface area contributed by atoms with Gasteiger partial charge in [0, 0.05) is 12.6 Å². The fraction of sp³-hybridized carbons (Fsp3) is 0.200. The second-order valence-corrected chi connectivity index (χ2v) is 6.05. The van der Waals surface area contributed by atoms with E-state index in [1.165, 1.54) is 12.1 Å². The fourth-order valence-corrected chi connectivity index (χ4v) is 2.75. The van der Waals surface area contributed by atoms with E-state index in [1.807, 2.05) is 30.3 Å². The van der Waals surface area contributed by atoms with Crippen molar-refractivity contribution in [2.45, 2.75) is 26.1 Å². The number of benzene rings is 2. The SMILES string of the molecule is CC(c1ccccc1)N(Cc1ccc(F)cc1)Cc1nc(C(=O)O)co1. The van der Waals surface area contributed by atoms with E-state index in [0.29, 0.717) is 19.0 Å². The average Bonchev–Trinajstić information content (AvgIpc) is 3.12. The highest BCUT2D eigenvalue weighted by Crippen LogP contribution is 2.24. The van der Waals surface area contributed by atoms with Crippen molar-refractivity contribution >= 4 is 5.97 Å². The highest BCUT2D eigenvalue weighted by atomic mass is 19.1. The molecular weight excluding hydrogens is 335 g/mol. The van der Waals surface area contributed by atoms with Gasteiger partial charge in [0.2, 0.25) is 5.89 Å². The molecule has 0 aliphatic heterocycles. The van der Waals surface area contributed by atoms with Crippen LogP contribution in [0.15, 0.2) is 65.3 Å². The molecule has 1 heterocycles. The molecule has 0 aliphatic carbocycles. The third-order valence-electron chi connectivity index (χ3n) is 4.24. The van der Waals surface area contributed by atoms with Gasteiger partial charge in [0.05, 0.1) is 6.54 Å². The Morgan fingerprint density at radius 3 is 2.46 bits per heavy atom. The Kier molecular flexibility index (Phi) is 5.43. The molecule has 0 saturated carbocycles. The van der Waals surface area contributed by atoms with Crippen molar-refractivity contribution in [2.24, 2.45) is 0 Å². The van der Waals surface area contributed by atoms with Gasteiger partial charge < -0.3 is 9.52 Å². The summed E-state index contributed by atoms with van der Waals surface area (Å²) in [5.74, 6) is -1.08. The first-order chi connectivity index (χ1) is 12.5. The number of hydrogen-bond acceptors (Lipinski definition) is 4. The number of carboxylic acids is 1. The predicted octanol–water partition coefficient (Wildman–Crippen LogP) is 4.28. The van der Waals surface area contributed by atoms with Gasteiger partial charge in [-0.1, -0.05) is 42.5 Å². The molecule has 3 rings (SSSR count). The molecule has 0 spiro atoms. The van der Waals surface area contributed by atoms with E-state index in [4.69, 9.17) is 9.52 Å². The van der Waals surface area contributed by atoms with Crippen LogP contribution in [0.1, 0.15) is 40.5 Å². The van der Waals surface area contributed by atoms with E-state index in [9.17, 15) is 9.18 Å². The van der Waals surface area contributed by atoms with Crippen molar-refractivity contribution in [3.8, 4) is 0 Å². The summed E-state index contributed by atoms with van der Waals surface area (Å²) in [4.78, 5) is 17.1. The van der Waals surface area contributed by atoms with Crippen LogP contribution in [0, 0.1) is 5.82 Å². The van der Waals surface area contributed by atoms with Crippen molar-refractivity contribution in [1.29, 1.82) is 0 Å². The zero-order valence-corrected chi connectivity index (χ0v) is 14.3. The van der Waals surface area contributed by atoms with Gasteiger partial charge >= 0.3 is 5.97 Å². The Bertz CT molecular complexity index is 862. The lowest BCUT2D eigenvalue weighted by atomic mass is 10.1. The average molecular weight is 354 g/mol. The molecule has 3 aromatic rings. The third-order valence-corrected chi connectivity index (χ3v) is 4.24. The lowest BCUT2D eigenvalue weighted by Crippen LogP contribution is -2.26. The van der Waals surface area contributed by atoms with Gasteiger partial charge in [-0.05, 0) is 30.2 Å². The minimum Gasteiger partial charge on any atom is -0.476 e. The van der Waals surface area contributed by atoms with Gasteiger partial charge in [0.15, 0.2) is 5.69 Å². The van der Waals surface area contributed by atoms with Crippen molar-refractivity contribution in [1.82, 2.24) is 9.88 Å². The Labute approximate surface area is 150 Å². The van der Waals surface area contributed by atoms with Crippen molar-refractivity contribution < 1.29 is 18.7 Å². The number of aromatic carboxylic acids is 1. The van der Waals surface area contributed by atoms with Crippen molar-refractivity contribution in [2.75, 3.05) is 0 Å². The van der Waals surface area contributed by atoms with Crippen LogP contribution in [-0.2, 0) is 13.1 Å². The molecule has 1 N–H and O–H groups in total. The molecule has 1 unspecified atom stereocenters. The number of carboxylic acid groups (broad SMARTS) is 1. The topological polar surface area (TPSA) is 66.6 Å². The van der Waals surface area contributed by atoms with Gasteiger partial charge in [-0.15, -0.1) is 0 Å². The number of nitrogens with zero attached hydrogens (tertiary/aromatic N) is 2. The molecule has 1 aromatic heterocycles. The van der Waals surface area contributed by atoms with E-state index in [1.54, 1.807) is 12.1 Å². The van der Waals surface area contributed by atoms with E-state index < -0.39 is 5.97 Å². The molecule has 2 aromatic carbocycles. The van der Waals surface area contributed by atoms with Crippen LogP contribution in [0.4, 0.5) is 4.39 Å². The molecule has 0 saturated heterocycles. The van der Waals surface area contributed by atoms with Crippen molar-refractivity contribution in [3.05, 3.63) is 89.4 Å². The van der Waals surface area contributed by atoms with Gasteiger partial charge in [0.25, 0.3) is 0 Å². The Morgan fingerprint density at radius 1 is 1.15 bits per heavy atom. The summed E-state index contributed by atoms with van der Waals surface area (Å²) in [5.41, 5.74) is 1.94. The van der Waals surface area contributed by atoms with Crippen LogP contribution in [0.5, 0.6) is 0 Å². The summed E-state index contributed by atoms with van der Waals surface area (Å²) in [6.07, 6.45) is 1.14. The van der Waals surface area contributed by atoms with Crippen molar-refractivity contribution in [3.63, 3.8) is 0 Å². The lowest BCUT2D eigenvalue weighted by Gasteiger charge is -2.28. The molecule has 0 amide bonds. The summed E-state index contributed by atoms with van der Waals surface area (Å²) in [6, 6.07) is 16.3. The summed E-state index contributed by atoms with van der Waals surface area (Å²) < 4.78 is 18.5. The number of halogens is 1. The maximum atomic E-state index is 13.2. The molecule has 0 aliphatic rings.